The van der Waals surface area contributed by atoms with Crippen LogP contribution in [0.25, 0.3) is 0 Å². The maximum absolute atomic E-state index is 10.8. The Morgan fingerprint density at radius 1 is 0.741 bits per heavy atom. The molecule has 0 atom stereocenters. The summed E-state index contributed by atoms with van der Waals surface area (Å²) < 4.78 is 16.6. The zero-order valence-corrected chi connectivity index (χ0v) is 15.5. The monoisotopic (exact) mass is 362 g/mol. The Bertz CT molecular complexity index is 883. The third-order valence-corrected chi connectivity index (χ3v) is 4.36. The van der Waals surface area contributed by atoms with Crippen LogP contribution < -0.4 is 14.2 Å². The van der Waals surface area contributed by atoms with Crippen molar-refractivity contribution >= 4 is 6.29 Å². The summed E-state index contributed by atoms with van der Waals surface area (Å²) in [5, 5.41) is 0. The number of aldehydes is 1. The second-order valence-electron chi connectivity index (χ2n) is 6.11. The molecule has 138 valence electrons. The van der Waals surface area contributed by atoms with Crippen molar-refractivity contribution in [3.63, 3.8) is 0 Å². The molecule has 3 aromatic carbocycles. The molecule has 0 aliphatic carbocycles. The molecule has 3 rings (SSSR count). The molecule has 0 radical (unpaired) electrons. The predicted octanol–water partition coefficient (Wildman–Crippen LogP) is 5.09. The molecule has 0 N–H and O–H groups in total. The van der Waals surface area contributed by atoms with E-state index in [2.05, 4.69) is 12.1 Å². The van der Waals surface area contributed by atoms with E-state index in [0.29, 0.717) is 11.3 Å². The maximum atomic E-state index is 10.8. The van der Waals surface area contributed by atoms with Crippen LogP contribution in [0.3, 0.4) is 0 Å². The van der Waals surface area contributed by atoms with Crippen LogP contribution >= 0.6 is 0 Å². The van der Waals surface area contributed by atoms with E-state index in [9.17, 15) is 4.79 Å². The van der Waals surface area contributed by atoms with Crippen molar-refractivity contribution in [1.29, 1.82) is 0 Å². The van der Waals surface area contributed by atoms with E-state index in [1.54, 1.807) is 38.5 Å². The van der Waals surface area contributed by atoms with Gasteiger partial charge in [0.05, 0.1) is 14.2 Å². The lowest BCUT2D eigenvalue weighted by Gasteiger charge is -2.13. The highest BCUT2D eigenvalue weighted by Crippen LogP contribution is 2.30. The first kappa shape index (κ1) is 18.5. The Balaban J connectivity index is 1.77. The Hall–Kier alpha value is -3.27. The summed E-state index contributed by atoms with van der Waals surface area (Å²) in [5.74, 6) is 3.02. The van der Waals surface area contributed by atoms with E-state index in [-0.39, 0.29) is 0 Å². The standard InChI is InChI=1S/C23H22O4/c1-25-20-10-4-17(5-11-20)3-8-19-9-14-22(26-2)15-23(19)27-21-12-6-18(16-24)7-13-21/h4-7,9-16H,3,8H2,1-2H3. The van der Waals surface area contributed by atoms with Gasteiger partial charge in [-0.25, -0.2) is 0 Å². The highest BCUT2D eigenvalue weighted by atomic mass is 16.5. The molecule has 0 amide bonds. The van der Waals surface area contributed by atoms with Gasteiger partial charge < -0.3 is 14.2 Å². The molecular weight excluding hydrogens is 340 g/mol. The zero-order valence-electron chi connectivity index (χ0n) is 15.5. The van der Waals surface area contributed by atoms with Crippen molar-refractivity contribution in [2.24, 2.45) is 0 Å². The summed E-state index contributed by atoms with van der Waals surface area (Å²) in [7, 11) is 3.30. The Labute approximate surface area is 159 Å². The topological polar surface area (TPSA) is 44.8 Å². The molecule has 0 saturated heterocycles. The molecule has 0 aromatic heterocycles. The third kappa shape index (κ3) is 4.88. The van der Waals surface area contributed by atoms with E-state index in [4.69, 9.17) is 14.2 Å². The van der Waals surface area contributed by atoms with Gasteiger partial charge in [-0.1, -0.05) is 18.2 Å². The van der Waals surface area contributed by atoms with E-state index in [1.807, 2.05) is 30.3 Å². The van der Waals surface area contributed by atoms with Crippen LogP contribution in [0.15, 0.2) is 66.7 Å². The molecule has 0 heterocycles. The fraction of sp³-hybridized carbons (Fsp3) is 0.174. The van der Waals surface area contributed by atoms with Crippen molar-refractivity contribution in [3.05, 3.63) is 83.4 Å². The van der Waals surface area contributed by atoms with Gasteiger partial charge in [0, 0.05) is 11.6 Å². The lowest BCUT2D eigenvalue weighted by atomic mass is 10.0. The average molecular weight is 362 g/mol. The Kier molecular flexibility index (Phi) is 6.10. The molecular formula is C23H22O4. The van der Waals surface area contributed by atoms with Crippen molar-refractivity contribution in [2.75, 3.05) is 14.2 Å². The highest BCUT2D eigenvalue weighted by molar-refractivity contribution is 5.74. The second kappa shape index (κ2) is 8.90. The number of ether oxygens (including phenoxy) is 3. The number of methoxy groups -OCH3 is 2. The van der Waals surface area contributed by atoms with E-state index in [1.165, 1.54) is 5.56 Å². The van der Waals surface area contributed by atoms with Crippen molar-refractivity contribution < 1.29 is 19.0 Å². The number of carbonyl (C=O) groups is 1. The van der Waals surface area contributed by atoms with Crippen LogP contribution in [0.2, 0.25) is 0 Å². The summed E-state index contributed by atoms with van der Waals surface area (Å²) in [6.45, 7) is 0. The molecule has 0 spiro atoms. The van der Waals surface area contributed by atoms with Crippen LogP contribution in [0.1, 0.15) is 21.5 Å². The lowest BCUT2D eigenvalue weighted by Crippen LogP contribution is -1.97. The van der Waals surface area contributed by atoms with Gasteiger partial charge in [-0.3, -0.25) is 4.79 Å². The molecule has 4 heteroatoms. The summed E-state index contributed by atoms with van der Waals surface area (Å²) in [6, 6.07) is 21.0. The van der Waals surface area contributed by atoms with E-state index >= 15 is 0 Å². The van der Waals surface area contributed by atoms with Gasteiger partial charge in [0.2, 0.25) is 0 Å². The Morgan fingerprint density at radius 2 is 1.37 bits per heavy atom. The van der Waals surface area contributed by atoms with Crippen molar-refractivity contribution in [3.8, 4) is 23.0 Å². The lowest BCUT2D eigenvalue weighted by molar-refractivity contribution is 0.112. The van der Waals surface area contributed by atoms with E-state index in [0.717, 1.165) is 41.9 Å². The van der Waals surface area contributed by atoms with Crippen LogP contribution in [0.5, 0.6) is 23.0 Å². The molecule has 0 aliphatic rings. The molecule has 3 aromatic rings. The molecule has 0 unspecified atom stereocenters. The maximum Gasteiger partial charge on any atom is 0.150 e. The SMILES string of the molecule is COc1ccc(CCc2ccc(OC)cc2Oc2ccc(C=O)cc2)cc1. The molecule has 0 bridgehead atoms. The quantitative estimate of drug-likeness (QED) is 0.523. The number of hydrogen-bond acceptors (Lipinski definition) is 4. The normalized spacial score (nSPS) is 10.3. The van der Waals surface area contributed by atoms with Gasteiger partial charge in [-0.05, 0) is 66.4 Å². The fourth-order valence-electron chi connectivity index (χ4n) is 2.78. The zero-order chi connectivity index (χ0) is 19.1. The van der Waals surface area contributed by atoms with Crippen LogP contribution in [0, 0.1) is 0 Å². The first-order chi connectivity index (χ1) is 13.2. The summed E-state index contributed by atoms with van der Waals surface area (Å²) in [4.78, 5) is 10.8. The fourth-order valence-corrected chi connectivity index (χ4v) is 2.78. The van der Waals surface area contributed by atoms with Gasteiger partial charge in [0.1, 0.15) is 29.3 Å². The smallest absolute Gasteiger partial charge is 0.150 e. The number of aryl methyl sites for hydroxylation is 2. The van der Waals surface area contributed by atoms with Gasteiger partial charge in [0.15, 0.2) is 0 Å². The van der Waals surface area contributed by atoms with Crippen LogP contribution in [-0.2, 0) is 12.8 Å². The van der Waals surface area contributed by atoms with Crippen molar-refractivity contribution in [2.45, 2.75) is 12.8 Å². The van der Waals surface area contributed by atoms with Crippen LogP contribution in [-0.4, -0.2) is 20.5 Å². The molecule has 0 saturated carbocycles. The highest BCUT2D eigenvalue weighted by Gasteiger charge is 2.08. The minimum absolute atomic E-state index is 0.618. The summed E-state index contributed by atoms with van der Waals surface area (Å²) in [5.41, 5.74) is 2.94. The minimum atomic E-state index is 0.618. The molecule has 27 heavy (non-hydrogen) atoms. The van der Waals surface area contributed by atoms with Gasteiger partial charge in [0.25, 0.3) is 0 Å². The third-order valence-electron chi connectivity index (χ3n) is 4.36. The van der Waals surface area contributed by atoms with Crippen molar-refractivity contribution in [1.82, 2.24) is 0 Å². The first-order valence-electron chi connectivity index (χ1n) is 8.75. The van der Waals surface area contributed by atoms with Gasteiger partial charge >= 0.3 is 0 Å². The van der Waals surface area contributed by atoms with Crippen LogP contribution in [0.4, 0.5) is 0 Å². The number of benzene rings is 3. The van der Waals surface area contributed by atoms with Gasteiger partial charge in [-0.15, -0.1) is 0 Å². The number of hydrogen-bond donors (Lipinski definition) is 0. The number of rotatable bonds is 8. The van der Waals surface area contributed by atoms with E-state index < -0.39 is 0 Å². The Morgan fingerprint density at radius 3 is 2.00 bits per heavy atom. The number of carbonyl (C=O) groups excluding carboxylic acids is 1. The summed E-state index contributed by atoms with van der Waals surface area (Å²) >= 11 is 0. The summed E-state index contributed by atoms with van der Waals surface area (Å²) in [6.07, 6.45) is 2.53. The second-order valence-corrected chi connectivity index (χ2v) is 6.11. The minimum Gasteiger partial charge on any atom is -0.497 e. The molecule has 0 fully saturated rings. The average Bonchev–Trinajstić information content (AvgIpc) is 2.73. The molecule has 0 aliphatic heterocycles. The largest absolute Gasteiger partial charge is 0.497 e. The molecule has 4 nitrogen and oxygen atoms in total. The first-order valence-corrected chi connectivity index (χ1v) is 8.75. The van der Waals surface area contributed by atoms with Gasteiger partial charge in [-0.2, -0.15) is 0 Å². The predicted molar refractivity (Wildman–Crippen MR) is 105 cm³/mol.